The van der Waals surface area contributed by atoms with E-state index in [1.165, 1.54) is 11.3 Å². The number of fused-ring (bicyclic) bond motifs is 2. The quantitative estimate of drug-likeness (QED) is 0.291. The summed E-state index contributed by atoms with van der Waals surface area (Å²) < 4.78 is 13.4. The van der Waals surface area contributed by atoms with Crippen molar-refractivity contribution in [3.8, 4) is 5.75 Å². The van der Waals surface area contributed by atoms with Crippen molar-refractivity contribution < 1.29 is 14.3 Å². The lowest BCUT2D eigenvalue weighted by atomic mass is 9.90. The molecule has 5 rings (SSSR count). The van der Waals surface area contributed by atoms with E-state index in [1.807, 2.05) is 61.5 Å². The molecular weight excluding hydrogens is 520 g/mol. The van der Waals surface area contributed by atoms with E-state index in [1.54, 1.807) is 30.7 Å². The standard InChI is InChI=1S/C30H27ClN2O4S/c1-4-10-22-26(29(35)37-5-2)27(25-20-13-8-6-11-18(20)15-16-23(25)36-3)33-28(34)24(38-30(33)32-22)17-19-12-7-9-14-21(19)31/h6-9,11-17,27H,4-5,10H2,1-3H3/b24-17+. The summed E-state index contributed by atoms with van der Waals surface area (Å²) >= 11 is 7.68. The van der Waals surface area contributed by atoms with E-state index in [0.29, 0.717) is 37.8 Å². The summed E-state index contributed by atoms with van der Waals surface area (Å²) in [6, 6.07) is 18.3. The average molecular weight is 547 g/mol. The van der Waals surface area contributed by atoms with Crippen LogP contribution in [-0.2, 0) is 9.53 Å². The van der Waals surface area contributed by atoms with Crippen LogP contribution in [0.25, 0.3) is 16.8 Å². The van der Waals surface area contributed by atoms with Crippen LogP contribution >= 0.6 is 22.9 Å². The molecule has 0 radical (unpaired) electrons. The van der Waals surface area contributed by atoms with Crippen LogP contribution in [0.15, 0.2) is 81.7 Å². The molecule has 1 atom stereocenters. The summed E-state index contributed by atoms with van der Waals surface area (Å²) in [5.74, 6) is 0.0917. The summed E-state index contributed by atoms with van der Waals surface area (Å²) in [4.78, 5) is 33.0. The van der Waals surface area contributed by atoms with Crippen molar-refractivity contribution in [3.05, 3.63) is 108 Å². The first-order chi connectivity index (χ1) is 18.5. The molecule has 3 aromatic carbocycles. The highest BCUT2D eigenvalue weighted by Crippen LogP contribution is 2.41. The summed E-state index contributed by atoms with van der Waals surface area (Å²) in [6.07, 6.45) is 3.11. The number of hydrogen-bond donors (Lipinski definition) is 0. The topological polar surface area (TPSA) is 69.9 Å². The Bertz CT molecular complexity index is 1750. The maximum Gasteiger partial charge on any atom is 0.338 e. The van der Waals surface area contributed by atoms with Gasteiger partial charge in [-0.2, -0.15) is 0 Å². The second kappa shape index (κ2) is 11.0. The van der Waals surface area contributed by atoms with Crippen LogP contribution in [0.4, 0.5) is 0 Å². The molecule has 194 valence electrons. The number of nitrogens with zero attached hydrogens (tertiary/aromatic N) is 2. The first kappa shape index (κ1) is 25.9. The predicted molar refractivity (Wildman–Crippen MR) is 152 cm³/mol. The number of methoxy groups -OCH3 is 1. The van der Waals surface area contributed by atoms with Crippen LogP contribution in [0.2, 0.25) is 5.02 Å². The maximum absolute atomic E-state index is 14.1. The van der Waals surface area contributed by atoms with Gasteiger partial charge in [0.1, 0.15) is 11.8 Å². The van der Waals surface area contributed by atoms with Gasteiger partial charge in [0.05, 0.1) is 29.5 Å². The minimum absolute atomic E-state index is 0.206. The highest BCUT2D eigenvalue weighted by molar-refractivity contribution is 7.07. The van der Waals surface area contributed by atoms with Crippen LogP contribution in [0, 0.1) is 0 Å². The molecule has 6 nitrogen and oxygen atoms in total. The zero-order valence-corrected chi connectivity index (χ0v) is 22.9. The fourth-order valence-corrected chi connectivity index (χ4v) is 6.06. The molecule has 1 aliphatic rings. The molecule has 0 spiro atoms. The number of hydrogen-bond acceptors (Lipinski definition) is 6. The van der Waals surface area contributed by atoms with Gasteiger partial charge < -0.3 is 9.47 Å². The van der Waals surface area contributed by atoms with Crippen LogP contribution in [0.3, 0.4) is 0 Å². The van der Waals surface area contributed by atoms with Crippen LogP contribution in [0.5, 0.6) is 5.75 Å². The molecule has 0 fully saturated rings. The van der Waals surface area contributed by atoms with Crippen LogP contribution in [0.1, 0.15) is 43.9 Å². The molecule has 1 aromatic heterocycles. The lowest BCUT2D eigenvalue weighted by Gasteiger charge is -2.28. The number of rotatable bonds is 7. The third-order valence-corrected chi connectivity index (χ3v) is 7.84. The SMILES string of the molecule is CCCC1=C(C(=O)OCC)C(c2c(OC)ccc3ccccc23)n2c(s/c(=C/c3ccccc3Cl)c2=O)=N1. The Balaban J connectivity index is 1.89. The van der Waals surface area contributed by atoms with Crippen molar-refractivity contribution >= 4 is 45.8 Å². The largest absolute Gasteiger partial charge is 0.496 e. The highest BCUT2D eigenvalue weighted by Gasteiger charge is 2.37. The van der Waals surface area contributed by atoms with Gasteiger partial charge in [-0.05, 0) is 47.9 Å². The fourth-order valence-electron chi connectivity index (χ4n) is 4.86. The van der Waals surface area contributed by atoms with Crippen LogP contribution < -0.4 is 19.6 Å². The van der Waals surface area contributed by atoms with E-state index in [-0.39, 0.29) is 12.2 Å². The fraction of sp³-hybridized carbons (Fsp3) is 0.233. The van der Waals surface area contributed by atoms with E-state index in [0.717, 1.165) is 28.3 Å². The van der Waals surface area contributed by atoms with Crippen molar-refractivity contribution in [3.63, 3.8) is 0 Å². The number of ether oxygens (including phenoxy) is 2. The van der Waals surface area contributed by atoms with Gasteiger partial charge in [-0.1, -0.05) is 84.8 Å². The smallest absolute Gasteiger partial charge is 0.338 e. The zero-order chi connectivity index (χ0) is 26.8. The molecule has 0 N–H and O–H groups in total. The molecule has 2 heterocycles. The molecule has 1 aliphatic heterocycles. The monoisotopic (exact) mass is 546 g/mol. The maximum atomic E-state index is 14.1. The number of carbonyl (C=O) groups excluding carboxylic acids is 1. The summed E-state index contributed by atoms with van der Waals surface area (Å²) in [5, 5.41) is 2.40. The number of thiazole rings is 1. The zero-order valence-electron chi connectivity index (χ0n) is 21.4. The molecule has 0 amide bonds. The number of esters is 1. The molecule has 1 unspecified atom stereocenters. The molecule has 38 heavy (non-hydrogen) atoms. The lowest BCUT2D eigenvalue weighted by molar-refractivity contribution is -0.139. The van der Waals surface area contributed by atoms with E-state index in [2.05, 4.69) is 0 Å². The Morgan fingerprint density at radius 2 is 1.87 bits per heavy atom. The number of allylic oxidation sites excluding steroid dienone is 1. The number of carbonyl (C=O) groups is 1. The molecule has 0 saturated heterocycles. The first-order valence-corrected chi connectivity index (χ1v) is 13.7. The molecule has 0 saturated carbocycles. The Morgan fingerprint density at radius 1 is 1.11 bits per heavy atom. The van der Waals surface area contributed by atoms with Crippen LogP contribution in [-0.4, -0.2) is 24.3 Å². The molecule has 0 aliphatic carbocycles. The Morgan fingerprint density at radius 3 is 2.61 bits per heavy atom. The van der Waals surface area contributed by atoms with Gasteiger partial charge in [-0.15, -0.1) is 0 Å². The van der Waals surface area contributed by atoms with Gasteiger partial charge in [0.2, 0.25) is 0 Å². The predicted octanol–water partition coefficient (Wildman–Crippen LogP) is 5.39. The van der Waals surface area contributed by atoms with Gasteiger partial charge in [-0.25, -0.2) is 9.79 Å². The van der Waals surface area contributed by atoms with Gasteiger partial charge in [0.25, 0.3) is 5.56 Å². The van der Waals surface area contributed by atoms with Crippen molar-refractivity contribution in [1.82, 2.24) is 4.57 Å². The third kappa shape index (κ3) is 4.57. The normalized spacial score (nSPS) is 15.4. The summed E-state index contributed by atoms with van der Waals surface area (Å²) in [7, 11) is 1.59. The van der Waals surface area contributed by atoms with Gasteiger partial charge in [0.15, 0.2) is 4.80 Å². The Kier molecular flexibility index (Phi) is 7.49. The summed E-state index contributed by atoms with van der Waals surface area (Å²) in [6.45, 7) is 4.01. The number of benzene rings is 3. The molecule has 8 heteroatoms. The summed E-state index contributed by atoms with van der Waals surface area (Å²) in [5.41, 5.74) is 2.18. The highest BCUT2D eigenvalue weighted by atomic mass is 35.5. The molecule has 0 bridgehead atoms. The second-order valence-corrected chi connectivity index (χ2v) is 10.3. The Labute approximate surface area is 229 Å². The van der Waals surface area contributed by atoms with Gasteiger partial charge >= 0.3 is 5.97 Å². The third-order valence-electron chi connectivity index (χ3n) is 6.51. The van der Waals surface area contributed by atoms with Crippen molar-refractivity contribution in [2.24, 2.45) is 4.99 Å². The van der Waals surface area contributed by atoms with Gasteiger partial charge in [0, 0.05) is 10.6 Å². The first-order valence-electron chi connectivity index (χ1n) is 12.5. The number of aromatic nitrogens is 1. The molecular formula is C30H27ClN2O4S. The number of halogens is 1. The van der Waals surface area contributed by atoms with E-state index in [4.69, 9.17) is 26.1 Å². The lowest BCUT2D eigenvalue weighted by Crippen LogP contribution is -2.40. The van der Waals surface area contributed by atoms with E-state index >= 15 is 0 Å². The Hall–Kier alpha value is -3.68. The van der Waals surface area contributed by atoms with Crippen molar-refractivity contribution in [2.45, 2.75) is 32.7 Å². The second-order valence-electron chi connectivity index (χ2n) is 8.84. The van der Waals surface area contributed by atoms with Crippen molar-refractivity contribution in [2.75, 3.05) is 13.7 Å². The minimum atomic E-state index is -0.777. The minimum Gasteiger partial charge on any atom is -0.496 e. The molecule has 4 aromatic rings. The average Bonchev–Trinajstić information content (AvgIpc) is 3.23. The van der Waals surface area contributed by atoms with E-state index in [9.17, 15) is 9.59 Å². The van der Waals surface area contributed by atoms with Gasteiger partial charge in [-0.3, -0.25) is 9.36 Å². The van der Waals surface area contributed by atoms with E-state index < -0.39 is 12.0 Å². The van der Waals surface area contributed by atoms with Crippen molar-refractivity contribution in [1.29, 1.82) is 0 Å².